The Morgan fingerprint density at radius 3 is 2.69 bits per heavy atom. The Kier molecular flexibility index (Phi) is 4.04. The average molecular weight is 203 g/mol. The Bertz CT molecular complexity index is 149. The highest BCUT2D eigenvalue weighted by molar-refractivity contribution is 7.95. The quantitative estimate of drug-likeness (QED) is 0.662. The van der Waals surface area contributed by atoms with Crippen molar-refractivity contribution in [1.29, 1.82) is 0 Å². The van der Waals surface area contributed by atoms with Gasteiger partial charge in [-0.2, -0.15) is 0 Å². The molecule has 1 rings (SSSR count). The first kappa shape index (κ1) is 11.3. The van der Waals surface area contributed by atoms with Gasteiger partial charge in [0.05, 0.1) is 0 Å². The van der Waals surface area contributed by atoms with Crippen molar-refractivity contribution < 1.29 is 0 Å². The molecule has 0 aromatic rings. The summed E-state index contributed by atoms with van der Waals surface area (Å²) in [5.41, 5.74) is 6.31. The van der Waals surface area contributed by atoms with E-state index < -0.39 is 0 Å². The SMILES string of the molecule is CC(C)(C)C(N)CN1CCCNS1. The standard InChI is InChI=1S/C9H21N3S/c1-9(2,3)8(10)7-12-6-4-5-11-13-12/h8,11H,4-7,10H2,1-3H3. The summed E-state index contributed by atoms with van der Waals surface area (Å²) in [6.45, 7) is 9.83. The fourth-order valence-corrected chi connectivity index (χ4v) is 2.01. The van der Waals surface area contributed by atoms with E-state index >= 15 is 0 Å². The van der Waals surface area contributed by atoms with Gasteiger partial charge in [0.2, 0.25) is 0 Å². The number of nitrogens with one attached hydrogen (secondary N) is 1. The van der Waals surface area contributed by atoms with Crippen LogP contribution in [0.1, 0.15) is 27.2 Å². The van der Waals surface area contributed by atoms with E-state index in [2.05, 4.69) is 29.8 Å². The van der Waals surface area contributed by atoms with Crippen LogP contribution in [0.2, 0.25) is 0 Å². The van der Waals surface area contributed by atoms with Gasteiger partial charge in [-0.3, -0.25) is 4.72 Å². The fraction of sp³-hybridized carbons (Fsp3) is 1.00. The molecule has 1 unspecified atom stereocenters. The maximum Gasteiger partial charge on any atom is 0.0258 e. The fourth-order valence-electron chi connectivity index (χ4n) is 1.13. The molecule has 1 saturated heterocycles. The van der Waals surface area contributed by atoms with Gasteiger partial charge in [-0.1, -0.05) is 20.8 Å². The van der Waals surface area contributed by atoms with Crippen LogP contribution in [0, 0.1) is 5.41 Å². The topological polar surface area (TPSA) is 41.3 Å². The van der Waals surface area contributed by atoms with Crippen LogP contribution in [-0.2, 0) is 0 Å². The summed E-state index contributed by atoms with van der Waals surface area (Å²) in [6, 6.07) is 0.250. The van der Waals surface area contributed by atoms with Crippen molar-refractivity contribution in [1.82, 2.24) is 9.03 Å². The lowest BCUT2D eigenvalue weighted by molar-refractivity contribution is 0.269. The molecule has 3 N–H and O–H groups in total. The molecular weight excluding hydrogens is 182 g/mol. The summed E-state index contributed by atoms with van der Waals surface area (Å²) in [7, 11) is 0. The molecule has 0 spiro atoms. The molecule has 0 aromatic carbocycles. The number of nitrogens with two attached hydrogens (primary N) is 1. The highest BCUT2D eigenvalue weighted by Crippen LogP contribution is 2.21. The van der Waals surface area contributed by atoms with Crippen LogP contribution in [0.5, 0.6) is 0 Å². The van der Waals surface area contributed by atoms with E-state index in [0.717, 1.165) is 19.6 Å². The van der Waals surface area contributed by atoms with Crippen molar-refractivity contribution in [2.75, 3.05) is 19.6 Å². The lowest BCUT2D eigenvalue weighted by atomic mass is 9.87. The van der Waals surface area contributed by atoms with Gasteiger partial charge in [0.1, 0.15) is 0 Å². The lowest BCUT2D eigenvalue weighted by Crippen LogP contribution is -2.45. The Balaban J connectivity index is 2.30. The minimum atomic E-state index is 0.206. The number of hydrogen-bond donors (Lipinski definition) is 2. The van der Waals surface area contributed by atoms with Crippen LogP contribution < -0.4 is 10.5 Å². The maximum atomic E-state index is 6.10. The Hall–Kier alpha value is 0.230. The molecule has 0 saturated carbocycles. The molecule has 1 fully saturated rings. The van der Waals surface area contributed by atoms with Crippen LogP contribution in [0.4, 0.5) is 0 Å². The monoisotopic (exact) mass is 203 g/mol. The molecule has 1 aliphatic rings. The minimum Gasteiger partial charge on any atom is -0.326 e. The molecule has 0 radical (unpaired) electrons. The van der Waals surface area contributed by atoms with Gasteiger partial charge in [-0.15, -0.1) is 0 Å². The highest BCUT2D eigenvalue weighted by atomic mass is 32.2. The zero-order valence-corrected chi connectivity index (χ0v) is 9.66. The second-order valence-electron chi connectivity index (χ2n) is 4.70. The van der Waals surface area contributed by atoms with Gasteiger partial charge in [-0.05, 0) is 11.8 Å². The molecule has 1 aliphatic heterocycles. The summed E-state index contributed by atoms with van der Waals surface area (Å²) in [6.07, 6.45) is 1.23. The predicted molar refractivity (Wildman–Crippen MR) is 59.2 cm³/mol. The second kappa shape index (κ2) is 4.64. The molecule has 1 heterocycles. The third kappa shape index (κ3) is 3.85. The average Bonchev–Trinajstić information content (AvgIpc) is 2.04. The van der Waals surface area contributed by atoms with Gasteiger partial charge < -0.3 is 5.73 Å². The molecule has 0 amide bonds. The summed E-state index contributed by atoms with van der Waals surface area (Å²) in [5, 5.41) is 0. The zero-order valence-electron chi connectivity index (χ0n) is 8.84. The van der Waals surface area contributed by atoms with Crippen LogP contribution >= 0.6 is 12.1 Å². The normalized spacial score (nSPS) is 23.1. The van der Waals surface area contributed by atoms with Crippen molar-refractivity contribution in [2.45, 2.75) is 33.2 Å². The maximum absolute atomic E-state index is 6.10. The lowest BCUT2D eigenvalue weighted by Gasteiger charge is -2.33. The largest absolute Gasteiger partial charge is 0.326 e. The number of rotatable bonds is 2. The molecule has 3 nitrogen and oxygen atoms in total. The Morgan fingerprint density at radius 2 is 2.23 bits per heavy atom. The molecular formula is C9H21N3S. The van der Waals surface area contributed by atoms with E-state index in [4.69, 9.17) is 5.73 Å². The van der Waals surface area contributed by atoms with E-state index in [-0.39, 0.29) is 11.5 Å². The van der Waals surface area contributed by atoms with Gasteiger partial charge in [0.25, 0.3) is 0 Å². The van der Waals surface area contributed by atoms with Crippen LogP contribution in [0.25, 0.3) is 0 Å². The molecule has 1 atom stereocenters. The van der Waals surface area contributed by atoms with Gasteiger partial charge in [0, 0.05) is 37.8 Å². The zero-order chi connectivity index (χ0) is 9.90. The summed E-state index contributed by atoms with van der Waals surface area (Å²) in [4.78, 5) is 0. The summed E-state index contributed by atoms with van der Waals surface area (Å²) in [5.74, 6) is 0. The first-order valence-electron chi connectivity index (χ1n) is 4.90. The molecule has 13 heavy (non-hydrogen) atoms. The molecule has 0 aliphatic carbocycles. The Morgan fingerprint density at radius 1 is 1.54 bits per heavy atom. The summed E-state index contributed by atoms with van der Waals surface area (Å²) < 4.78 is 5.60. The van der Waals surface area contributed by atoms with E-state index in [9.17, 15) is 0 Å². The third-order valence-electron chi connectivity index (χ3n) is 2.39. The first-order chi connectivity index (χ1) is 6.00. The smallest absolute Gasteiger partial charge is 0.0258 e. The second-order valence-corrected chi connectivity index (χ2v) is 5.69. The molecule has 4 heteroatoms. The summed E-state index contributed by atoms with van der Waals surface area (Å²) >= 11 is 1.71. The third-order valence-corrected chi connectivity index (χ3v) is 3.32. The molecule has 0 aromatic heterocycles. The Labute approximate surface area is 85.7 Å². The van der Waals surface area contributed by atoms with E-state index in [1.165, 1.54) is 6.42 Å². The van der Waals surface area contributed by atoms with Crippen LogP contribution in [-0.4, -0.2) is 30.0 Å². The van der Waals surface area contributed by atoms with Gasteiger partial charge in [0.15, 0.2) is 0 Å². The van der Waals surface area contributed by atoms with E-state index in [0.29, 0.717) is 0 Å². The van der Waals surface area contributed by atoms with E-state index in [1.54, 1.807) is 12.1 Å². The van der Waals surface area contributed by atoms with Crippen molar-refractivity contribution in [3.05, 3.63) is 0 Å². The van der Waals surface area contributed by atoms with Crippen molar-refractivity contribution >= 4 is 12.1 Å². The minimum absolute atomic E-state index is 0.206. The number of hydrogen-bond acceptors (Lipinski definition) is 4. The molecule has 0 bridgehead atoms. The number of nitrogens with zero attached hydrogens (tertiary/aromatic N) is 1. The molecule has 78 valence electrons. The van der Waals surface area contributed by atoms with Gasteiger partial charge >= 0.3 is 0 Å². The van der Waals surface area contributed by atoms with Crippen molar-refractivity contribution in [2.24, 2.45) is 11.1 Å². The van der Waals surface area contributed by atoms with E-state index in [1.807, 2.05) is 0 Å². The predicted octanol–water partition coefficient (Wildman–Crippen LogP) is 1.22. The van der Waals surface area contributed by atoms with Crippen molar-refractivity contribution in [3.63, 3.8) is 0 Å². The first-order valence-corrected chi connectivity index (χ1v) is 5.68. The van der Waals surface area contributed by atoms with Crippen LogP contribution in [0.3, 0.4) is 0 Å². The highest BCUT2D eigenvalue weighted by Gasteiger charge is 2.24. The van der Waals surface area contributed by atoms with Crippen molar-refractivity contribution in [3.8, 4) is 0 Å². The van der Waals surface area contributed by atoms with Gasteiger partial charge in [-0.25, -0.2) is 4.31 Å². The van der Waals surface area contributed by atoms with Crippen LogP contribution in [0.15, 0.2) is 0 Å².